The van der Waals surface area contributed by atoms with Crippen molar-refractivity contribution < 1.29 is 78.4 Å². The molecule has 3 aliphatic heterocycles. The maximum Gasteiger partial charge on any atom is 0.408 e. The topological polar surface area (TPSA) is 366 Å². The molecule has 25 heteroatoms. The molecule has 0 spiro atoms. The lowest BCUT2D eigenvalue weighted by Gasteiger charge is -2.33. The van der Waals surface area contributed by atoms with Crippen LogP contribution in [-0.2, 0) is 46.5 Å². The highest BCUT2D eigenvalue weighted by Crippen LogP contribution is 2.31. The van der Waals surface area contributed by atoms with Gasteiger partial charge in [0.1, 0.15) is 55.1 Å². The van der Waals surface area contributed by atoms with Crippen LogP contribution in [0.25, 0.3) is 4.85 Å². The number of aliphatic hydroxyl groups is 6. The molecule has 0 aliphatic carbocycles. The van der Waals surface area contributed by atoms with Gasteiger partial charge in [-0.25, -0.2) is 11.4 Å². The van der Waals surface area contributed by atoms with E-state index >= 15 is 0 Å². The number of nitrogens with zero attached hydrogens (tertiary/aromatic N) is 3. The van der Waals surface area contributed by atoms with Gasteiger partial charge in [0, 0.05) is 51.4 Å². The summed E-state index contributed by atoms with van der Waals surface area (Å²) < 4.78 is 17.2. The fourth-order valence-electron chi connectivity index (χ4n) is 8.74. The van der Waals surface area contributed by atoms with Crippen LogP contribution in [0.4, 0.5) is 4.79 Å². The van der Waals surface area contributed by atoms with E-state index in [0.29, 0.717) is 11.3 Å². The molecule has 13 N–H and O–H groups in total. The van der Waals surface area contributed by atoms with Gasteiger partial charge in [-0.2, -0.15) is 0 Å². The predicted octanol–water partition coefficient (Wildman–Crippen LogP) is -3.43. The minimum absolute atomic E-state index is 0.0556. The third-order valence-electron chi connectivity index (χ3n) is 12.5. The number of ether oxygens (including phenoxy) is 3. The van der Waals surface area contributed by atoms with E-state index in [4.69, 9.17) is 26.5 Å². The number of amides is 7. The van der Waals surface area contributed by atoms with Crippen molar-refractivity contribution >= 4 is 41.5 Å². The van der Waals surface area contributed by atoms with Gasteiger partial charge in [-0.05, 0) is 51.0 Å². The molecule has 2 aromatic rings. The van der Waals surface area contributed by atoms with Gasteiger partial charge in [0.2, 0.25) is 42.0 Å². The number of carbonyl (C=O) groups excluding carboxylic acids is 7. The number of β-amino-alcohol motifs (C(OH)–C–C–N with tert-alkyl or cyclic N) is 1. The van der Waals surface area contributed by atoms with Crippen LogP contribution in [0.3, 0.4) is 0 Å². The molecule has 0 aromatic heterocycles. The highest BCUT2D eigenvalue weighted by Gasteiger charge is 2.50. The van der Waals surface area contributed by atoms with Gasteiger partial charge in [0.25, 0.3) is 0 Å². The Balaban J connectivity index is 1.57. The Bertz CT molecular complexity index is 2350. The number of hydrogen-bond donors (Lipinski definition) is 12. The average molecular weight is 1040 g/mol. The van der Waals surface area contributed by atoms with Crippen LogP contribution in [-0.4, -0.2) is 200 Å². The SMILES string of the molecule is [C-]#[N+]C[C@@H](O)[C@@H]1NC(=O)[C@H]([C@H](O)Cc2ccc(OCc3ccccc3)c(OCCN)c2)NC(=O)[C@@H]2C[C@@H](O)CN2C(=O)[C@H]([C@@H](C)O)NC(=O)[C@@H](NC(=O)OC(C)(C)C)C[C@@H](O)CNC(=O)[C@@H]2[C@@H](O)[C@@H](C)CN2C1=O. The molecule has 0 unspecified atom stereocenters. The molecule has 3 heterocycles. The Labute approximate surface area is 427 Å². The maximum absolute atomic E-state index is 14.6. The number of hydrogen-bond acceptors (Lipinski definition) is 17. The van der Waals surface area contributed by atoms with Crippen molar-refractivity contribution in [2.75, 3.05) is 39.3 Å². The highest BCUT2D eigenvalue weighted by molar-refractivity contribution is 5.98. The first kappa shape index (κ1) is 58.2. The molecular weight excluding hydrogens is 971 g/mol. The van der Waals surface area contributed by atoms with Crippen molar-refractivity contribution in [3.05, 3.63) is 71.1 Å². The van der Waals surface area contributed by atoms with Crippen molar-refractivity contribution in [3.8, 4) is 11.5 Å². The average Bonchev–Trinajstić information content (AvgIpc) is 3.88. The van der Waals surface area contributed by atoms with Crippen LogP contribution in [0.5, 0.6) is 11.5 Å². The Morgan fingerprint density at radius 3 is 2.12 bits per heavy atom. The zero-order valence-electron chi connectivity index (χ0n) is 41.9. The van der Waals surface area contributed by atoms with Gasteiger partial charge in [-0.3, -0.25) is 28.8 Å². The summed E-state index contributed by atoms with van der Waals surface area (Å²) in [4.78, 5) is 104. The normalized spacial score (nSPS) is 27.9. The van der Waals surface area contributed by atoms with Gasteiger partial charge in [0.05, 0.1) is 30.5 Å². The predicted molar refractivity (Wildman–Crippen MR) is 260 cm³/mol. The Kier molecular flexibility index (Phi) is 20.5. The molecule has 406 valence electrons. The molecule has 0 radical (unpaired) electrons. The smallest absolute Gasteiger partial charge is 0.408 e. The molecule has 2 aromatic carbocycles. The number of alkyl carbamates (subject to hydrolysis) is 1. The number of benzene rings is 2. The van der Waals surface area contributed by atoms with Crippen molar-refractivity contribution in [2.45, 2.75) is 139 Å². The number of rotatable bonds is 13. The maximum atomic E-state index is 14.6. The zero-order valence-corrected chi connectivity index (χ0v) is 41.9. The lowest BCUT2D eigenvalue weighted by atomic mass is 9.99. The Morgan fingerprint density at radius 1 is 0.811 bits per heavy atom. The Hall–Kier alpha value is -6.66. The third kappa shape index (κ3) is 15.4. The van der Waals surface area contributed by atoms with Crippen LogP contribution < -0.4 is 41.8 Å². The van der Waals surface area contributed by atoms with E-state index < -0.39 is 165 Å². The van der Waals surface area contributed by atoms with Gasteiger partial charge in [-0.1, -0.05) is 43.3 Å². The third-order valence-corrected chi connectivity index (χ3v) is 12.5. The van der Waals surface area contributed by atoms with Gasteiger partial charge in [0.15, 0.2) is 17.6 Å². The lowest BCUT2D eigenvalue weighted by molar-refractivity contribution is -0.147. The van der Waals surface area contributed by atoms with E-state index in [-0.39, 0.29) is 32.1 Å². The van der Waals surface area contributed by atoms with Crippen molar-refractivity contribution in [1.82, 2.24) is 36.4 Å². The summed E-state index contributed by atoms with van der Waals surface area (Å²) in [6, 6.07) is 2.79. The van der Waals surface area contributed by atoms with Crippen molar-refractivity contribution in [2.24, 2.45) is 11.7 Å². The number of nitrogens with one attached hydrogen (secondary N) is 5. The molecule has 3 aliphatic rings. The van der Waals surface area contributed by atoms with Crippen LogP contribution in [0.2, 0.25) is 0 Å². The summed E-state index contributed by atoms with van der Waals surface area (Å²) in [6.07, 6.45) is -12.8. The second-order valence-corrected chi connectivity index (χ2v) is 19.7. The molecule has 74 heavy (non-hydrogen) atoms. The van der Waals surface area contributed by atoms with Gasteiger partial charge in [-0.15, -0.1) is 0 Å². The number of carbonyl (C=O) groups is 7. The zero-order chi connectivity index (χ0) is 54.6. The largest absolute Gasteiger partial charge is 0.488 e. The van der Waals surface area contributed by atoms with Crippen LogP contribution in [0.1, 0.15) is 58.6 Å². The van der Waals surface area contributed by atoms with E-state index in [1.807, 2.05) is 30.3 Å². The van der Waals surface area contributed by atoms with E-state index in [1.54, 1.807) is 32.9 Å². The number of fused-ring (bicyclic) bond motifs is 2. The Morgan fingerprint density at radius 2 is 1.47 bits per heavy atom. The van der Waals surface area contributed by atoms with E-state index in [9.17, 15) is 64.2 Å². The molecule has 0 bridgehead atoms. The fourth-order valence-corrected chi connectivity index (χ4v) is 8.74. The minimum atomic E-state index is -2.06. The minimum Gasteiger partial charge on any atom is -0.488 e. The summed E-state index contributed by atoms with van der Waals surface area (Å²) in [5, 5.41) is 79.4. The highest BCUT2D eigenvalue weighted by atomic mass is 16.6. The second-order valence-electron chi connectivity index (χ2n) is 19.7. The molecule has 13 atom stereocenters. The summed E-state index contributed by atoms with van der Waals surface area (Å²) in [7, 11) is 0. The molecule has 25 nitrogen and oxygen atoms in total. The number of nitrogens with two attached hydrogens (primary N) is 1. The van der Waals surface area contributed by atoms with E-state index in [1.165, 1.54) is 13.0 Å². The van der Waals surface area contributed by atoms with Gasteiger partial charge >= 0.3 is 6.09 Å². The van der Waals surface area contributed by atoms with Crippen molar-refractivity contribution in [3.63, 3.8) is 0 Å². The van der Waals surface area contributed by atoms with Crippen LogP contribution in [0.15, 0.2) is 48.5 Å². The molecular formula is C49H69N9O16. The van der Waals surface area contributed by atoms with E-state index in [2.05, 4.69) is 31.4 Å². The molecule has 3 fully saturated rings. The standard InChI is InChI=1S/C49H69N9O16/c1-25-22-58-40(41(25)64)45(68)52-20-29(60)18-31(53-48(71)74-49(3,4)5)42(65)54-37(26(2)59)46(69)57-23-30(61)19-32(57)43(66)55-38(44(67)56-39(47(58)70)34(63)21-51-6)33(62)16-28-12-13-35(36(17-28)72-15-14-50)73-24-27-10-8-7-9-11-27/h7-13,17,25-26,29-34,37-41,59-64H,14-16,18-24,50H2,1-5H3,(H,52,68)(H,53,71)(H,54,65)(H,55,66)(H,56,67)/t25-,26+,29+,30+,31-,32-,33+,34+,37-,38-,39-,40-,41-/m0/s1. The monoisotopic (exact) mass is 1040 g/mol. The quantitative estimate of drug-likeness (QED) is 0.0869. The summed E-state index contributed by atoms with van der Waals surface area (Å²) in [5.74, 6) is -7.15. The summed E-state index contributed by atoms with van der Waals surface area (Å²) in [5.41, 5.74) is 5.83. The summed E-state index contributed by atoms with van der Waals surface area (Å²) in [6.45, 7) is 12.8. The fraction of sp³-hybridized carbons (Fsp3) is 0.592. The molecule has 7 amide bonds. The first-order valence-electron chi connectivity index (χ1n) is 24.3. The molecule has 3 saturated heterocycles. The second kappa shape index (κ2) is 26.0. The summed E-state index contributed by atoms with van der Waals surface area (Å²) >= 11 is 0. The lowest BCUT2D eigenvalue weighted by Crippen LogP contribution is -2.64. The first-order valence-corrected chi connectivity index (χ1v) is 24.3. The first-order chi connectivity index (χ1) is 34.9. The number of aliphatic hydroxyl groups excluding tert-OH is 6. The van der Waals surface area contributed by atoms with Crippen LogP contribution in [0, 0.1) is 12.5 Å². The van der Waals surface area contributed by atoms with Gasteiger partial charge < -0.3 is 91.8 Å². The molecule has 0 saturated carbocycles. The molecule has 5 rings (SSSR count). The van der Waals surface area contributed by atoms with Crippen molar-refractivity contribution in [1.29, 1.82) is 0 Å². The van der Waals surface area contributed by atoms with E-state index in [0.717, 1.165) is 22.3 Å². The van der Waals surface area contributed by atoms with Crippen LogP contribution >= 0.6 is 0 Å².